The van der Waals surface area contributed by atoms with E-state index in [-0.39, 0.29) is 18.4 Å². The maximum absolute atomic E-state index is 11.7. The number of hydrogen-bond acceptors (Lipinski definition) is 4. The molecule has 0 unspecified atom stereocenters. The van der Waals surface area contributed by atoms with Crippen LogP contribution < -0.4 is 10.6 Å². The molecule has 0 bridgehead atoms. The summed E-state index contributed by atoms with van der Waals surface area (Å²) in [5.41, 5.74) is 0.588. The van der Waals surface area contributed by atoms with E-state index in [1.807, 2.05) is 17.5 Å². The van der Waals surface area contributed by atoms with Gasteiger partial charge in [0, 0.05) is 18.1 Å². The van der Waals surface area contributed by atoms with E-state index in [9.17, 15) is 9.59 Å². The monoisotopic (exact) mass is 278 g/mol. The van der Waals surface area contributed by atoms with E-state index in [1.54, 1.807) is 24.6 Å². The second-order valence-electron chi connectivity index (χ2n) is 3.90. The summed E-state index contributed by atoms with van der Waals surface area (Å²) in [5, 5.41) is 11.2. The van der Waals surface area contributed by atoms with Gasteiger partial charge in [0.1, 0.15) is 6.54 Å². The van der Waals surface area contributed by atoms with Gasteiger partial charge in [-0.05, 0) is 11.4 Å². The third-order valence-corrected chi connectivity index (χ3v) is 3.29. The highest BCUT2D eigenvalue weighted by molar-refractivity contribution is 7.10. The van der Waals surface area contributed by atoms with Gasteiger partial charge in [0.2, 0.25) is 11.8 Å². The van der Waals surface area contributed by atoms with Crippen molar-refractivity contribution in [3.63, 3.8) is 0 Å². The zero-order valence-electron chi connectivity index (χ0n) is 10.4. The van der Waals surface area contributed by atoms with Crippen LogP contribution in [0, 0.1) is 0 Å². The molecule has 100 valence electrons. The maximum Gasteiger partial charge on any atom is 0.241 e. The highest BCUT2D eigenvalue weighted by atomic mass is 32.1. The third-order valence-electron chi connectivity index (χ3n) is 2.42. The standard InChI is InChI=1S/C12H14N4O2S/c1-13-12(18)8-16-7-9(6-14-16)15-11(17)5-10-3-2-4-19-10/h2-4,6-7H,5,8H2,1H3,(H,13,18)(H,15,17). The topological polar surface area (TPSA) is 76.0 Å². The molecule has 0 aliphatic carbocycles. The lowest BCUT2D eigenvalue weighted by Gasteiger charge is -2.01. The lowest BCUT2D eigenvalue weighted by Crippen LogP contribution is -2.23. The molecule has 0 aliphatic rings. The van der Waals surface area contributed by atoms with Crippen LogP contribution in [-0.2, 0) is 22.6 Å². The fraction of sp³-hybridized carbons (Fsp3) is 0.250. The Morgan fingerprint density at radius 1 is 1.42 bits per heavy atom. The average Bonchev–Trinajstić information content (AvgIpc) is 3.01. The number of rotatable bonds is 5. The summed E-state index contributed by atoms with van der Waals surface area (Å²) in [5.74, 6) is -0.235. The Morgan fingerprint density at radius 3 is 2.95 bits per heavy atom. The van der Waals surface area contributed by atoms with Crippen LogP contribution in [0.1, 0.15) is 4.88 Å². The molecule has 0 aliphatic heterocycles. The number of likely N-dealkylation sites (N-methyl/N-ethyl adjacent to an activating group) is 1. The van der Waals surface area contributed by atoms with Crippen LogP contribution in [-0.4, -0.2) is 28.6 Å². The number of nitrogens with one attached hydrogen (secondary N) is 2. The van der Waals surface area contributed by atoms with E-state index in [4.69, 9.17) is 0 Å². The fourth-order valence-corrected chi connectivity index (χ4v) is 2.22. The second kappa shape index (κ2) is 6.14. The van der Waals surface area contributed by atoms with Crippen molar-refractivity contribution in [2.24, 2.45) is 0 Å². The molecule has 0 atom stereocenters. The summed E-state index contributed by atoms with van der Waals surface area (Å²) >= 11 is 1.54. The van der Waals surface area contributed by atoms with Gasteiger partial charge in [0.05, 0.1) is 18.3 Å². The van der Waals surface area contributed by atoms with E-state index < -0.39 is 0 Å². The Kier molecular flexibility index (Phi) is 4.30. The van der Waals surface area contributed by atoms with E-state index >= 15 is 0 Å². The highest BCUT2D eigenvalue weighted by Crippen LogP contribution is 2.11. The molecular weight excluding hydrogens is 264 g/mol. The summed E-state index contributed by atoms with van der Waals surface area (Å²) in [7, 11) is 1.57. The first-order valence-electron chi connectivity index (χ1n) is 5.72. The molecular formula is C12H14N4O2S. The zero-order valence-corrected chi connectivity index (χ0v) is 11.2. The lowest BCUT2D eigenvalue weighted by atomic mass is 10.3. The zero-order chi connectivity index (χ0) is 13.7. The second-order valence-corrected chi connectivity index (χ2v) is 4.94. The highest BCUT2D eigenvalue weighted by Gasteiger charge is 2.07. The number of anilines is 1. The van der Waals surface area contributed by atoms with Gasteiger partial charge in [-0.25, -0.2) is 0 Å². The Bertz CT molecular complexity index is 562. The molecule has 2 heterocycles. The number of nitrogens with zero attached hydrogens (tertiary/aromatic N) is 2. The number of thiophene rings is 1. The predicted molar refractivity (Wildman–Crippen MR) is 72.9 cm³/mol. The number of hydrogen-bond donors (Lipinski definition) is 2. The van der Waals surface area contributed by atoms with Gasteiger partial charge < -0.3 is 10.6 Å². The third kappa shape index (κ3) is 3.92. The van der Waals surface area contributed by atoms with Gasteiger partial charge in [0.15, 0.2) is 0 Å². The van der Waals surface area contributed by atoms with Crippen LogP contribution in [0.15, 0.2) is 29.9 Å². The van der Waals surface area contributed by atoms with E-state index in [0.717, 1.165) is 4.88 Å². The van der Waals surface area contributed by atoms with E-state index in [0.29, 0.717) is 12.1 Å². The number of carbonyl (C=O) groups is 2. The molecule has 0 fully saturated rings. The van der Waals surface area contributed by atoms with Gasteiger partial charge >= 0.3 is 0 Å². The van der Waals surface area contributed by atoms with Crippen molar-refractivity contribution in [3.05, 3.63) is 34.8 Å². The fourth-order valence-electron chi connectivity index (χ4n) is 1.52. The Morgan fingerprint density at radius 2 is 2.26 bits per heavy atom. The minimum Gasteiger partial charge on any atom is -0.358 e. The van der Waals surface area contributed by atoms with Crippen LogP contribution in [0.3, 0.4) is 0 Å². The van der Waals surface area contributed by atoms with Gasteiger partial charge in [-0.15, -0.1) is 11.3 Å². The van der Waals surface area contributed by atoms with Crippen LogP contribution in [0.5, 0.6) is 0 Å². The Hall–Kier alpha value is -2.15. The first kappa shape index (κ1) is 13.3. The number of aromatic nitrogens is 2. The van der Waals surface area contributed by atoms with Gasteiger partial charge in [-0.1, -0.05) is 6.07 Å². The smallest absolute Gasteiger partial charge is 0.241 e. The molecule has 0 radical (unpaired) electrons. The Balaban J connectivity index is 1.89. The van der Waals surface area contributed by atoms with Crippen LogP contribution in [0.2, 0.25) is 0 Å². The van der Waals surface area contributed by atoms with Crippen LogP contribution >= 0.6 is 11.3 Å². The summed E-state index contributed by atoms with van der Waals surface area (Å²) in [6.07, 6.45) is 3.50. The van der Waals surface area contributed by atoms with E-state index in [2.05, 4.69) is 15.7 Å². The molecule has 2 rings (SSSR count). The van der Waals surface area contributed by atoms with Crippen LogP contribution in [0.4, 0.5) is 5.69 Å². The molecule has 2 aromatic rings. The first-order chi connectivity index (χ1) is 9.17. The molecule has 7 heteroatoms. The molecule has 2 aromatic heterocycles. The predicted octanol–water partition coefficient (Wildman–Crippen LogP) is 0.872. The normalized spacial score (nSPS) is 10.2. The van der Waals surface area contributed by atoms with Crippen molar-refractivity contribution in [2.45, 2.75) is 13.0 Å². The van der Waals surface area contributed by atoms with Crippen molar-refractivity contribution in [2.75, 3.05) is 12.4 Å². The van der Waals surface area contributed by atoms with Gasteiger partial charge in [-0.3, -0.25) is 14.3 Å². The van der Waals surface area contributed by atoms with Crippen molar-refractivity contribution in [1.82, 2.24) is 15.1 Å². The molecule has 0 saturated heterocycles. The largest absolute Gasteiger partial charge is 0.358 e. The lowest BCUT2D eigenvalue weighted by molar-refractivity contribution is -0.121. The van der Waals surface area contributed by atoms with Crippen LogP contribution in [0.25, 0.3) is 0 Å². The SMILES string of the molecule is CNC(=O)Cn1cc(NC(=O)Cc2cccs2)cn1. The maximum atomic E-state index is 11.7. The van der Waals surface area contributed by atoms with Gasteiger partial charge in [0.25, 0.3) is 0 Å². The molecule has 0 aromatic carbocycles. The van der Waals surface area contributed by atoms with Gasteiger partial charge in [-0.2, -0.15) is 5.10 Å². The van der Waals surface area contributed by atoms with Crippen molar-refractivity contribution in [3.8, 4) is 0 Å². The first-order valence-corrected chi connectivity index (χ1v) is 6.60. The van der Waals surface area contributed by atoms with Crippen molar-refractivity contribution >= 4 is 28.8 Å². The minimum atomic E-state index is -0.139. The Labute approximate surface area is 114 Å². The molecule has 0 saturated carbocycles. The van der Waals surface area contributed by atoms with Crippen molar-refractivity contribution < 1.29 is 9.59 Å². The summed E-state index contributed by atoms with van der Waals surface area (Å²) < 4.78 is 1.47. The van der Waals surface area contributed by atoms with Crippen molar-refractivity contribution in [1.29, 1.82) is 0 Å². The quantitative estimate of drug-likeness (QED) is 0.852. The molecule has 6 nitrogen and oxygen atoms in total. The molecule has 2 amide bonds. The summed E-state index contributed by atoms with van der Waals surface area (Å²) in [6, 6.07) is 3.83. The number of carbonyl (C=O) groups excluding carboxylic acids is 2. The minimum absolute atomic E-state index is 0.0954. The molecule has 0 spiro atoms. The summed E-state index contributed by atoms with van der Waals surface area (Å²) in [6.45, 7) is 0.136. The molecule has 19 heavy (non-hydrogen) atoms. The average molecular weight is 278 g/mol. The summed E-state index contributed by atoms with van der Waals surface area (Å²) in [4.78, 5) is 23.9. The number of amides is 2. The van der Waals surface area contributed by atoms with E-state index in [1.165, 1.54) is 10.9 Å². The molecule has 2 N–H and O–H groups in total.